The number of nitrogens with zero attached hydrogens (tertiary/aromatic N) is 1. The summed E-state index contributed by atoms with van der Waals surface area (Å²) in [5.41, 5.74) is 4.14. The van der Waals surface area contributed by atoms with Crippen LogP contribution in [0.2, 0.25) is 0 Å². The van der Waals surface area contributed by atoms with E-state index in [2.05, 4.69) is 11.1 Å². The average molecular weight is 259 g/mol. The summed E-state index contributed by atoms with van der Waals surface area (Å²) in [6.07, 6.45) is 1.28. The van der Waals surface area contributed by atoms with Crippen LogP contribution in [0, 0.1) is 20.8 Å². The minimum absolute atomic E-state index is 0.209. The van der Waals surface area contributed by atoms with Gasteiger partial charge in [0.05, 0.1) is 5.01 Å². The van der Waals surface area contributed by atoms with Crippen molar-refractivity contribution in [1.82, 2.24) is 4.98 Å². The molecule has 0 atom stereocenters. The first-order chi connectivity index (χ1) is 8.56. The van der Waals surface area contributed by atoms with E-state index in [-0.39, 0.29) is 5.78 Å². The van der Waals surface area contributed by atoms with Crippen molar-refractivity contribution < 1.29 is 4.79 Å². The van der Waals surface area contributed by atoms with E-state index in [0.29, 0.717) is 6.42 Å². The van der Waals surface area contributed by atoms with E-state index < -0.39 is 0 Å². The predicted octanol–water partition coefficient (Wildman–Crippen LogP) is 3.88. The first-order valence-electron chi connectivity index (χ1n) is 6.07. The Morgan fingerprint density at radius 1 is 1.28 bits per heavy atom. The van der Waals surface area contributed by atoms with Crippen LogP contribution < -0.4 is 0 Å². The number of hydrogen-bond acceptors (Lipinski definition) is 3. The van der Waals surface area contributed by atoms with Gasteiger partial charge in [-0.1, -0.05) is 23.8 Å². The van der Waals surface area contributed by atoms with Gasteiger partial charge in [0.2, 0.25) is 0 Å². The minimum atomic E-state index is 0.209. The van der Waals surface area contributed by atoms with Crippen LogP contribution in [0.25, 0.3) is 0 Å². The Labute approximate surface area is 112 Å². The number of benzene rings is 1. The van der Waals surface area contributed by atoms with Crippen LogP contribution in [0.15, 0.2) is 23.6 Å². The molecule has 0 amide bonds. The van der Waals surface area contributed by atoms with Gasteiger partial charge in [-0.3, -0.25) is 4.79 Å². The fourth-order valence-electron chi connectivity index (χ4n) is 2.00. The van der Waals surface area contributed by atoms with Crippen molar-refractivity contribution >= 4 is 17.1 Å². The summed E-state index contributed by atoms with van der Waals surface area (Å²) in [6.45, 7) is 6.01. The van der Waals surface area contributed by atoms with Crippen molar-refractivity contribution in [1.29, 1.82) is 0 Å². The van der Waals surface area contributed by atoms with Crippen molar-refractivity contribution in [2.24, 2.45) is 0 Å². The molecule has 3 heteroatoms. The zero-order chi connectivity index (χ0) is 13.1. The summed E-state index contributed by atoms with van der Waals surface area (Å²) in [5.74, 6) is 0.209. The van der Waals surface area contributed by atoms with Gasteiger partial charge < -0.3 is 0 Å². The number of aryl methyl sites for hydroxylation is 4. The van der Waals surface area contributed by atoms with Gasteiger partial charge in [-0.2, -0.15) is 0 Å². The van der Waals surface area contributed by atoms with Gasteiger partial charge >= 0.3 is 0 Å². The largest absolute Gasteiger partial charge is 0.294 e. The molecular weight excluding hydrogens is 242 g/mol. The second-order valence-corrected chi connectivity index (χ2v) is 5.57. The summed E-state index contributed by atoms with van der Waals surface area (Å²) in [7, 11) is 0. The quantitative estimate of drug-likeness (QED) is 0.780. The van der Waals surface area contributed by atoms with E-state index in [0.717, 1.165) is 28.2 Å². The molecule has 0 aliphatic heterocycles. The van der Waals surface area contributed by atoms with E-state index >= 15 is 0 Å². The Kier molecular flexibility index (Phi) is 3.92. The molecule has 0 saturated heterocycles. The normalized spacial score (nSPS) is 10.6. The Balaban J connectivity index is 2.03. The lowest BCUT2D eigenvalue weighted by atomic mass is 10.00. The molecule has 2 rings (SSSR count). The number of Topliss-reactive ketones (excluding diaryl/α,β-unsaturated/α-hetero) is 1. The molecule has 0 N–H and O–H groups in total. The van der Waals surface area contributed by atoms with Crippen LogP contribution in [0.3, 0.4) is 0 Å². The zero-order valence-electron chi connectivity index (χ0n) is 11.0. The Morgan fingerprint density at radius 3 is 2.67 bits per heavy atom. The highest BCUT2D eigenvalue weighted by Crippen LogP contribution is 2.16. The van der Waals surface area contributed by atoms with Gasteiger partial charge in [-0.15, -0.1) is 11.3 Å². The van der Waals surface area contributed by atoms with Crippen molar-refractivity contribution in [2.75, 3.05) is 0 Å². The number of thiazole rings is 1. The average Bonchev–Trinajstić information content (AvgIpc) is 2.72. The van der Waals surface area contributed by atoms with Gasteiger partial charge in [-0.25, -0.2) is 4.98 Å². The molecule has 0 radical (unpaired) electrons. The SMILES string of the molecule is Cc1ccc(C(=O)CCc2nc(C)cs2)c(C)c1. The first kappa shape index (κ1) is 13.0. The van der Waals surface area contributed by atoms with Crippen LogP contribution in [0.1, 0.15) is 38.6 Å². The maximum absolute atomic E-state index is 12.1. The van der Waals surface area contributed by atoms with Crippen LogP contribution in [-0.2, 0) is 6.42 Å². The number of aromatic nitrogens is 1. The highest BCUT2D eigenvalue weighted by molar-refractivity contribution is 7.09. The summed E-state index contributed by atoms with van der Waals surface area (Å²) in [6, 6.07) is 5.98. The third kappa shape index (κ3) is 3.05. The lowest BCUT2D eigenvalue weighted by molar-refractivity contribution is 0.0982. The van der Waals surface area contributed by atoms with Gasteiger partial charge in [-0.05, 0) is 26.3 Å². The first-order valence-corrected chi connectivity index (χ1v) is 6.95. The van der Waals surface area contributed by atoms with Crippen molar-refractivity contribution in [3.8, 4) is 0 Å². The second-order valence-electron chi connectivity index (χ2n) is 4.62. The molecular formula is C15H17NOS. The Morgan fingerprint density at radius 2 is 2.06 bits per heavy atom. The molecule has 2 nitrogen and oxygen atoms in total. The van der Waals surface area contributed by atoms with Crippen LogP contribution >= 0.6 is 11.3 Å². The number of ketones is 1. The van der Waals surface area contributed by atoms with Gasteiger partial charge in [0.15, 0.2) is 5.78 Å². The van der Waals surface area contributed by atoms with Crippen LogP contribution in [0.4, 0.5) is 0 Å². The van der Waals surface area contributed by atoms with Gasteiger partial charge in [0, 0.05) is 29.5 Å². The van der Waals surface area contributed by atoms with Crippen molar-refractivity contribution in [2.45, 2.75) is 33.6 Å². The number of carbonyl (C=O) groups excluding carboxylic acids is 1. The van der Waals surface area contributed by atoms with Crippen molar-refractivity contribution in [3.63, 3.8) is 0 Å². The molecule has 0 aliphatic carbocycles. The second kappa shape index (κ2) is 5.44. The van der Waals surface area contributed by atoms with Crippen LogP contribution in [0.5, 0.6) is 0 Å². The highest BCUT2D eigenvalue weighted by Gasteiger charge is 2.10. The van der Waals surface area contributed by atoms with E-state index in [1.165, 1.54) is 5.56 Å². The third-order valence-corrected chi connectivity index (χ3v) is 3.94. The van der Waals surface area contributed by atoms with E-state index in [4.69, 9.17) is 0 Å². The number of hydrogen-bond donors (Lipinski definition) is 0. The molecule has 0 saturated carbocycles. The maximum Gasteiger partial charge on any atom is 0.163 e. The number of rotatable bonds is 4. The molecule has 0 unspecified atom stereocenters. The van der Waals surface area contributed by atoms with E-state index in [9.17, 15) is 4.79 Å². The summed E-state index contributed by atoms with van der Waals surface area (Å²) >= 11 is 1.63. The lowest BCUT2D eigenvalue weighted by Gasteiger charge is -2.05. The zero-order valence-corrected chi connectivity index (χ0v) is 11.8. The predicted molar refractivity (Wildman–Crippen MR) is 75.4 cm³/mol. The summed E-state index contributed by atoms with van der Waals surface area (Å²) < 4.78 is 0. The molecule has 18 heavy (non-hydrogen) atoms. The van der Waals surface area contributed by atoms with Gasteiger partial charge in [0.25, 0.3) is 0 Å². The smallest absolute Gasteiger partial charge is 0.163 e. The molecule has 1 aromatic heterocycles. The van der Waals surface area contributed by atoms with E-state index in [1.54, 1.807) is 11.3 Å². The molecule has 0 spiro atoms. The minimum Gasteiger partial charge on any atom is -0.294 e. The van der Waals surface area contributed by atoms with Gasteiger partial charge in [0.1, 0.15) is 0 Å². The highest BCUT2D eigenvalue weighted by atomic mass is 32.1. The topological polar surface area (TPSA) is 30.0 Å². The molecule has 0 aliphatic rings. The fraction of sp³-hybridized carbons (Fsp3) is 0.333. The monoisotopic (exact) mass is 259 g/mol. The standard InChI is InChI=1S/C15H17NOS/c1-10-4-5-13(11(2)8-10)14(17)6-7-15-16-12(3)9-18-15/h4-5,8-9H,6-7H2,1-3H3. The Hall–Kier alpha value is -1.48. The Bertz CT molecular complexity index is 572. The molecule has 1 aromatic carbocycles. The molecule has 2 aromatic rings. The number of carbonyl (C=O) groups is 1. The summed E-state index contributed by atoms with van der Waals surface area (Å²) in [5, 5.41) is 3.07. The van der Waals surface area contributed by atoms with Crippen LogP contribution in [-0.4, -0.2) is 10.8 Å². The molecule has 0 fully saturated rings. The fourth-order valence-corrected chi connectivity index (χ4v) is 2.78. The maximum atomic E-state index is 12.1. The molecule has 1 heterocycles. The third-order valence-electron chi connectivity index (χ3n) is 2.91. The lowest BCUT2D eigenvalue weighted by Crippen LogP contribution is -2.03. The van der Waals surface area contributed by atoms with E-state index in [1.807, 2.05) is 38.3 Å². The summed E-state index contributed by atoms with van der Waals surface area (Å²) in [4.78, 5) is 16.5. The molecule has 94 valence electrons. The van der Waals surface area contributed by atoms with Crippen molar-refractivity contribution in [3.05, 3.63) is 51.0 Å². The molecule has 0 bridgehead atoms.